The number of alkyl carbamates (subject to hydrolysis) is 1. The third-order valence-corrected chi connectivity index (χ3v) is 17.0. The first-order valence-electron chi connectivity index (χ1n) is 27.8. The van der Waals surface area contributed by atoms with Crippen molar-refractivity contribution in [3.63, 3.8) is 0 Å². The SMILES string of the molecule is COC(=O)N[C@H](C(=O)N1CCC[C@H]1c1nc2cc([C@H]3CC[C@H](c4cc5nc([C@@H]6CCCN6C(=O)[C@@H](NC(=O)O)C(C)C)[nH]c5cc4F)N3c3cc(F)c(N4CCC(c5ccc6ccccc6c5)CC4)c(F)c3)c(F)cc2[nH]1)C(C)C. The van der Waals surface area contributed by atoms with Gasteiger partial charge in [-0.05, 0) is 122 Å². The molecule has 0 aliphatic carbocycles. The average molecular weight is 1100 g/mol. The zero-order valence-electron chi connectivity index (χ0n) is 45.4. The summed E-state index contributed by atoms with van der Waals surface area (Å²) in [4.78, 5) is 74.7. The van der Waals surface area contributed by atoms with Crippen molar-refractivity contribution < 1.29 is 46.6 Å². The van der Waals surface area contributed by atoms with Gasteiger partial charge in [-0.1, -0.05) is 70.2 Å². The van der Waals surface area contributed by atoms with Gasteiger partial charge in [-0.15, -0.1) is 0 Å². The number of nitrogens with one attached hydrogen (secondary N) is 4. The number of benzene rings is 5. The number of imidazole rings is 2. The number of halogens is 4. The van der Waals surface area contributed by atoms with Crippen LogP contribution in [0.25, 0.3) is 32.8 Å². The van der Waals surface area contributed by atoms with Gasteiger partial charge in [0, 0.05) is 43.0 Å². The number of nitrogens with zero attached hydrogens (tertiary/aromatic N) is 6. The lowest BCUT2D eigenvalue weighted by molar-refractivity contribution is -0.136. The molecule has 4 aliphatic rings. The molecule has 0 spiro atoms. The number of likely N-dealkylation sites (tertiary alicyclic amines) is 2. The molecule has 11 rings (SSSR count). The lowest BCUT2D eigenvalue weighted by Gasteiger charge is -2.36. The minimum absolute atomic E-state index is 0.0851. The predicted molar refractivity (Wildman–Crippen MR) is 295 cm³/mol. The van der Waals surface area contributed by atoms with Gasteiger partial charge < -0.3 is 50.0 Å². The highest BCUT2D eigenvalue weighted by Crippen LogP contribution is 2.50. The molecule has 4 saturated heterocycles. The number of methoxy groups -OCH3 is 1. The highest BCUT2D eigenvalue weighted by atomic mass is 19.1. The van der Waals surface area contributed by atoms with Crippen LogP contribution in [0.15, 0.2) is 78.9 Å². The second-order valence-electron chi connectivity index (χ2n) is 22.6. The summed E-state index contributed by atoms with van der Waals surface area (Å²) in [5.41, 5.74) is 2.93. The van der Waals surface area contributed by atoms with Crippen molar-refractivity contribution in [3.8, 4) is 0 Å². The number of amides is 4. The Balaban J connectivity index is 0.930. The second kappa shape index (κ2) is 22.0. The Morgan fingerprint density at radius 2 is 1.12 bits per heavy atom. The molecule has 16 nitrogen and oxygen atoms in total. The largest absolute Gasteiger partial charge is 0.465 e. The van der Waals surface area contributed by atoms with Crippen molar-refractivity contribution in [1.29, 1.82) is 0 Å². The number of rotatable bonds is 13. The molecular formula is C60H66F4N10O6. The molecule has 0 unspecified atom stereocenters. The third kappa shape index (κ3) is 10.2. The van der Waals surface area contributed by atoms with E-state index in [4.69, 9.17) is 14.7 Å². The van der Waals surface area contributed by atoms with E-state index in [1.165, 1.54) is 36.9 Å². The van der Waals surface area contributed by atoms with E-state index in [0.717, 1.165) is 10.8 Å². The summed E-state index contributed by atoms with van der Waals surface area (Å²) in [5.74, 6) is -3.13. The number of carbonyl (C=O) groups excluding carboxylic acids is 3. The van der Waals surface area contributed by atoms with E-state index in [0.29, 0.717) is 98.4 Å². The number of fused-ring (bicyclic) bond motifs is 3. The zero-order valence-corrected chi connectivity index (χ0v) is 45.4. The van der Waals surface area contributed by atoms with Crippen LogP contribution in [-0.2, 0) is 14.3 Å². The van der Waals surface area contributed by atoms with Gasteiger partial charge in [0.05, 0.1) is 53.3 Å². The van der Waals surface area contributed by atoms with Crippen molar-refractivity contribution in [2.45, 2.75) is 121 Å². The summed E-state index contributed by atoms with van der Waals surface area (Å²) in [6.07, 6.45) is 2.19. The number of carbonyl (C=O) groups is 4. The van der Waals surface area contributed by atoms with Gasteiger partial charge in [0.2, 0.25) is 11.8 Å². The van der Waals surface area contributed by atoms with Gasteiger partial charge in [-0.25, -0.2) is 37.1 Å². The monoisotopic (exact) mass is 1100 g/mol. The minimum atomic E-state index is -1.31. The molecule has 5 N–H and O–H groups in total. The van der Waals surface area contributed by atoms with Gasteiger partial charge in [-0.2, -0.15) is 0 Å². The minimum Gasteiger partial charge on any atom is -0.465 e. The summed E-state index contributed by atoms with van der Waals surface area (Å²) in [6, 6.07) is 18.3. The number of H-pyrrole nitrogens is 2. The Kier molecular flexibility index (Phi) is 14.9. The van der Waals surface area contributed by atoms with Crippen LogP contribution in [0, 0.1) is 35.1 Å². The fraction of sp³-hybridized carbons (Fsp3) is 0.433. The van der Waals surface area contributed by atoms with E-state index >= 15 is 17.6 Å². The van der Waals surface area contributed by atoms with Gasteiger partial charge in [-0.3, -0.25) is 9.59 Å². The highest BCUT2D eigenvalue weighted by Gasteiger charge is 2.43. The zero-order chi connectivity index (χ0) is 56.3. The van der Waals surface area contributed by atoms with E-state index in [-0.39, 0.29) is 59.0 Å². The summed E-state index contributed by atoms with van der Waals surface area (Å²) >= 11 is 0. The van der Waals surface area contributed by atoms with E-state index < -0.39 is 77.6 Å². The summed E-state index contributed by atoms with van der Waals surface area (Å²) in [7, 11) is 1.23. The van der Waals surface area contributed by atoms with Crippen molar-refractivity contribution in [3.05, 3.63) is 130 Å². The molecule has 4 aliphatic heterocycles. The van der Waals surface area contributed by atoms with Gasteiger partial charge in [0.15, 0.2) is 11.6 Å². The molecule has 4 amide bonds. The molecule has 4 fully saturated rings. The number of aromatic nitrogens is 4. The Bertz CT molecular complexity index is 3500. The maximum atomic E-state index is 17.0. The van der Waals surface area contributed by atoms with Crippen LogP contribution >= 0.6 is 0 Å². The van der Waals surface area contributed by atoms with Crippen LogP contribution in [-0.4, -0.2) is 104 Å². The first-order chi connectivity index (χ1) is 38.5. The van der Waals surface area contributed by atoms with Gasteiger partial charge >= 0.3 is 12.2 Å². The first-order valence-corrected chi connectivity index (χ1v) is 27.8. The Labute approximate surface area is 460 Å². The number of hydrogen-bond acceptors (Lipinski definition) is 9. The summed E-state index contributed by atoms with van der Waals surface area (Å²) in [5, 5.41) is 16.8. The second-order valence-corrected chi connectivity index (χ2v) is 22.6. The van der Waals surface area contributed by atoms with E-state index in [9.17, 15) is 24.3 Å². The summed E-state index contributed by atoms with van der Waals surface area (Å²) in [6.45, 7) is 8.76. The van der Waals surface area contributed by atoms with Gasteiger partial charge in [0.1, 0.15) is 41.1 Å². The van der Waals surface area contributed by atoms with Gasteiger partial charge in [0.25, 0.3) is 0 Å². The molecule has 6 heterocycles. The molecule has 20 heteroatoms. The van der Waals surface area contributed by atoms with Crippen LogP contribution in [0.3, 0.4) is 0 Å². The topological polar surface area (TPSA) is 192 Å². The normalized spacial score (nSPS) is 20.7. The van der Waals surface area contributed by atoms with Crippen LogP contribution in [0.1, 0.15) is 137 Å². The van der Waals surface area contributed by atoms with E-state index in [1.807, 2.05) is 26.0 Å². The number of anilines is 2. The standard InChI is InChI=1S/C60H66F4N10O6/c1-31(2)52(69-59(77)78)57(75)72-20-8-12-50(72)55-65-44-27-38(40(61)29-46(44)67-55)48-16-17-49(39-28-45-47(30-41(39)62)68-56(66-45)51-13-9-21-73(51)58(76)53(32(3)4)70-60(79)80-5)74(48)37-25-42(63)54(43(64)26-37)71-22-18-34(19-23-71)36-15-14-33-10-6-7-11-35(33)24-36/h6-7,10-11,14-15,24-32,34,48-53,69H,8-9,12-13,16-23H2,1-5H3,(H,65,67)(H,66,68)(H,70,79)(H,77,78)/t48-,49-,50+,51+,52+,53+/m1/s1. The van der Waals surface area contributed by atoms with Crippen LogP contribution in [0.2, 0.25) is 0 Å². The lowest BCUT2D eigenvalue weighted by Crippen LogP contribution is -2.51. The molecule has 0 bridgehead atoms. The highest BCUT2D eigenvalue weighted by molar-refractivity contribution is 5.88. The van der Waals surface area contributed by atoms with E-state index in [2.05, 4.69) is 50.9 Å². The van der Waals surface area contributed by atoms with Crippen LogP contribution in [0.5, 0.6) is 0 Å². The van der Waals surface area contributed by atoms with Crippen LogP contribution in [0.4, 0.5) is 38.5 Å². The molecule has 7 aromatic rings. The number of aromatic amines is 2. The maximum absolute atomic E-state index is 17.0. The Morgan fingerprint density at radius 3 is 1.62 bits per heavy atom. The van der Waals surface area contributed by atoms with Crippen molar-refractivity contribution >= 4 is 68.2 Å². The van der Waals surface area contributed by atoms with Crippen LogP contribution < -0.4 is 20.4 Å². The van der Waals surface area contributed by atoms with E-state index in [1.54, 1.807) is 45.6 Å². The summed E-state index contributed by atoms with van der Waals surface area (Å²) < 4.78 is 72.8. The molecule has 80 heavy (non-hydrogen) atoms. The number of carboxylic acid groups (broad SMARTS) is 1. The van der Waals surface area contributed by atoms with Crippen molar-refractivity contribution in [2.24, 2.45) is 11.8 Å². The fourth-order valence-electron chi connectivity index (χ4n) is 13.0. The fourth-order valence-corrected chi connectivity index (χ4v) is 13.0. The molecule has 0 radical (unpaired) electrons. The molecular weight excluding hydrogens is 1030 g/mol. The maximum Gasteiger partial charge on any atom is 0.407 e. The first kappa shape index (κ1) is 54.1. The molecule has 6 atom stereocenters. The quantitative estimate of drug-likeness (QED) is 0.0694. The van der Waals surface area contributed by atoms with Crippen molar-refractivity contribution in [2.75, 3.05) is 43.1 Å². The number of ether oxygens (including phenoxy) is 1. The van der Waals surface area contributed by atoms with Crippen molar-refractivity contribution in [1.82, 2.24) is 40.4 Å². The molecule has 2 aromatic heterocycles. The predicted octanol–water partition coefficient (Wildman–Crippen LogP) is 11.6. The molecule has 420 valence electrons. The Hall–Kier alpha value is -7.90. The molecule has 0 saturated carbocycles. The molecule has 5 aromatic carbocycles. The lowest BCUT2D eigenvalue weighted by atomic mass is 9.88. The third-order valence-electron chi connectivity index (χ3n) is 17.0. The number of hydrogen-bond donors (Lipinski definition) is 5. The number of piperidine rings is 1. The smallest absolute Gasteiger partial charge is 0.407 e. The Morgan fingerprint density at radius 1 is 0.613 bits per heavy atom. The average Bonchev–Trinajstić information content (AvgIpc) is 4.39.